The molecule has 0 amide bonds. The minimum atomic E-state index is 0.625. The van der Waals surface area contributed by atoms with Crippen molar-refractivity contribution in [2.45, 2.75) is 6.92 Å². The Kier molecular flexibility index (Phi) is 3.38. The third kappa shape index (κ3) is 2.62. The largest absolute Gasteiger partial charge is 0.619 e. The summed E-state index contributed by atoms with van der Waals surface area (Å²) < 4.78 is 0.783. The summed E-state index contributed by atoms with van der Waals surface area (Å²) in [6.45, 7) is 1.96. The fourth-order valence-corrected chi connectivity index (χ4v) is 2.92. The molecule has 3 rings (SSSR count). The van der Waals surface area contributed by atoms with Crippen molar-refractivity contribution in [3.05, 3.63) is 64.4 Å². The van der Waals surface area contributed by atoms with E-state index in [1.54, 1.807) is 18.2 Å². The van der Waals surface area contributed by atoms with E-state index in [1.165, 1.54) is 23.7 Å². The second kappa shape index (κ2) is 5.35. The summed E-state index contributed by atoms with van der Waals surface area (Å²) >= 11 is 1.50. The van der Waals surface area contributed by atoms with Gasteiger partial charge in [-0.1, -0.05) is 12.1 Å². The van der Waals surface area contributed by atoms with Crippen molar-refractivity contribution < 1.29 is 4.73 Å². The number of aromatic nitrogens is 2. The third-order valence-electron chi connectivity index (χ3n) is 3.20. The van der Waals surface area contributed by atoms with Crippen LogP contribution in [-0.4, -0.2) is 4.98 Å². The van der Waals surface area contributed by atoms with Crippen LogP contribution in [0.2, 0.25) is 0 Å². The molecule has 0 fully saturated rings. The van der Waals surface area contributed by atoms with Crippen LogP contribution in [0, 0.1) is 23.5 Å². The molecule has 0 aliphatic rings. The predicted molar refractivity (Wildman–Crippen MR) is 81.4 cm³/mol. The Morgan fingerprint density at radius 1 is 1.24 bits per heavy atom. The van der Waals surface area contributed by atoms with E-state index in [2.05, 4.69) is 11.1 Å². The molecular weight excluding hydrogens is 282 g/mol. The van der Waals surface area contributed by atoms with Crippen LogP contribution in [-0.2, 0) is 0 Å². The lowest BCUT2D eigenvalue weighted by molar-refractivity contribution is -0.604. The van der Waals surface area contributed by atoms with Gasteiger partial charge < -0.3 is 5.21 Å². The van der Waals surface area contributed by atoms with E-state index in [9.17, 15) is 5.21 Å². The molecule has 0 unspecified atom stereocenters. The highest BCUT2D eigenvalue weighted by atomic mass is 32.1. The fourth-order valence-electron chi connectivity index (χ4n) is 2.02. The highest BCUT2D eigenvalue weighted by molar-refractivity contribution is 7.13. The van der Waals surface area contributed by atoms with Crippen molar-refractivity contribution in [2.75, 3.05) is 0 Å². The van der Waals surface area contributed by atoms with E-state index in [1.807, 2.05) is 24.4 Å². The molecule has 3 aromatic rings. The third-order valence-corrected chi connectivity index (χ3v) is 4.07. The molecule has 102 valence electrons. The Morgan fingerprint density at radius 2 is 2.00 bits per heavy atom. The molecular formula is C16H11N3OS. The minimum absolute atomic E-state index is 0.625. The monoisotopic (exact) mass is 293 g/mol. The first kappa shape index (κ1) is 13.3. The molecule has 0 aliphatic heterocycles. The van der Waals surface area contributed by atoms with Crippen LogP contribution >= 0.6 is 11.3 Å². The van der Waals surface area contributed by atoms with E-state index < -0.39 is 0 Å². The molecule has 0 spiro atoms. The number of hydrogen-bond donors (Lipinski definition) is 0. The quantitative estimate of drug-likeness (QED) is 0.538. The first-order valence-electron chi connectivity index (χ1n) is 6.33. The number of benzene rings is 1. The zero-order chi connectivity index (χ0) is 14.8. The molecule has 1 aromatic carbocycles. The van der Waals surface area contributed by atoms with Crippen molar-refractivity contribution in [3.63, 3.8) is 0 Å². The van der Waals surface area contributed by atoms with Gasteiger partial charge in [0.05, 0.1) is 22.9 Å². The molecule has 4 nitrogen and oxygen atoms in total. The zero-order valence-corrected chi connectivity index (χ0v) is 12.1. The number of nitrogens with zero attached hydrogens (tertiary/aromatic N) is 3. The van der Waals surface area contributed by atoms with Crippen LogP contribution in [0.25, 0.3) is 21.8 Å². The lowest BCUT2D eigenvalue weighted by Gasteiger charge is -2.02. The molecule has 5 heteroatoms. The van der Waals surface area contributed by atoms with Crippen LogP contribution in [0.5, 0.6) is 0 Å². The van der Waals surface area contributed by atoms with E-state index in [0.717, 1.165) is 32.1 Å². The number of rotatable bonds is 2. The first-order valence-corrected chi connectivity index (χ1v) is 7.21. The highest BCUT2D eigenvalue weighted by Crippen LogP contribution is 2.30. The second-order valence-electron chi connectivity index (χ2n) is 4.63. The van der Waals surface area contributed by atoms with Gasteiger partial charge in [-0.3, -0.25) is 0 Å². The van der Waals surface area contributed by atoms with Gasteiger partial charge in [-0.15, -0.1) is 11.3 Å². The van der Waals surface area contributed by atoms with Crippen molar-refractivity contribution in [2.24, 2.45) is 0 Å². The molecule has 0 saturated carbocycles. The molecule has 0 atom stereocenters. The summed E-state index contributed by atoms with van der Waals surface area (Å²) in [6.07, 6.45) is 3.02. The zero-order valence-electron chi connectivity index (χ0n) is 11.3. The number of hydrogen-bond acceptors (Lipinski definition) is 4. The van der Waals surface area contributed by atoms with Gasteiger partial charge >= 0.3 is 0 Å². The SMILES string of the molecule is Cc1cc[n+]([O-])cc1-c1nc(-c2ccc(C#N)cc2)cs1. The normalized spacial score (nSPS) is 10.3. The second-order valence-corrected chi connectivity index (χ2v) is 5.49. The van der Waals surface area contributed by atoms with E-state index >= 15 is 0 Å². The van der Waals surface area contributed by atoms with Gasteiger partial charge in [-0.2, -0.15) is 9.99 Å². The van der Waals surface area contributed by atoms with Crippen LogP contribution in [0.4, 0.5) is 0 Å². The van der Waals surface area contributed by atoms with Gasteiger partial charge in [0.2, 0.25) is 0 Å². The summed E-state index contributed by atoms with van der Waals surface area (Å²) in [4.78, 5) is 4.59. The number of aryl methyl sites for hydroxylation is 1. The lowest BCUT2D eigenvalue weighted by Crippen LogP contribution is -2.24. The summed E-state index contributed by atoms with van der Waals surface area (Å²) in [6, 6.07) is 11.2. The van der Waals surface area contributed by atoms with Crippen LogP contribution in [0.3, 0.4) is 0 Å². The van der Waals surface area contributed by atoms with Crippen molar-refractivity contribution in [1.29, 1.82) is 5.26 Å². The van der Waals surface area contributed by atoms with Gasteiger partial charge in [-0.05, 0) is 24.6 Å². The molecule has 0 aliphatic carbocycles. The maximum Gasteiger partial charge on any atom is 0.190 e. The smallest absolute Gasteiger partial charge is 0.190 e. The Bertz CT molecular complexity index is 831. The average Bonchev–Trinajstić information content (AvgIpc) is 2.99. The van der Waals surface area contributed by atoms with Crippen molar-refractivity contribution >= 4 is 11.3 Å². The Morgan fingerprint density at radius 3 is 2.71 bits per heavy atom. The van der Waals surface area contributed by atoms with Crippen LogP contribution < -0.4 is 4.73 Å². The topological polar surface area (TPSA) is 63.6 Å². The van der Waals surface area contributed by atoms with Gasteiger partial charge in [0.15, 0.2) is 12.4 Å². The van der Waals surface area contributed by atoms with Crippen LogP contribution in [0.15, 0.2) is 48.1 Å². The van der Waals surface area contributed by atoms with E-state index in [4.69, 9.17) is 5.26 Å². The first-order chi connectivity index (χ1) is 10.2. The average molecular weight is 293 g/mol. The van der Waals surface area contributed by atoms with Crippen molar-refractivity contribution in [3.8, 4) is 27.9 Å². The number of nitriles is 1. The fraction of sp³-hybridized carbons (Fsp3) is 0.0625. The Labute approximate surface area is 126 Å². The maximum atomic E-state index is 11.4. The summed E-state index contributed by atoms with van der Waals surface area (Å²) in [5.74, 6) is 0. The Balaban J connectivity index is 1.99. The lowest BCUT2D eigenvalue weighted by atomic mass is 10.1. The highest BCUT2D eigenvalue weighted by Gasteiger charge is 2.11. The summed E-state index contributed by atoms with van der Waals surface area (Å²) in [7, 11) is 0. The van der Waals surface area contributed by atoms with E-state index in [-0.39, 0.29) is 0 Å². The standard InChI is InChI=1S/C16H11N3OS/c1-11-6-7-19(20)9-14(11)16-18-15(10-21-16)13-4-2-12(8-17)3-5-13/h2-7,9-10H,1H3. The molecule has 0 bridgehead atoms. The number of pyridine rings is 1. The minimum Gasteiger partial charge on any atom is -0.619 e. The van der Waals surface area contributed by atoms with E-state index in [0.29, 0.717) is 5.56 Å². The predicted octanol–water partition coefficient (Wildman–Crippen LogP) is 3.29. The maximum absolute atomic E-state index is 11.4. The molecule has 0 radical (unpaired) electrons. The molecule has 2 heterocycles. The molecule has 0 saturated heterocycles. The summed E-state index contributed by atoms with van der Waals surface area (Å²) in [5, 5.41) is 23.0. The van der Waals surface area contributed by atoms with Gasteiger partial charge in [-0.25, -0.2) is 4.98 Å². The molecule has 0 N–H and O–H groups in total. The van der Waals surface area contributed by atoms with Gasteiger partial charge in [0.25, 0.3) is 0 Å². The molecule has 21 heavy (non-hydrogen) atoms. The Hall–Kier alpha value is -2.71. The number of thiazole rings is 1. The van der Waals surface area contributed by atoms with Crippen LogP contribution in [0.1, 0.15) is 11.1 Å². The van der Waals surface area contributed by atoms with Gasteiger partial charge in [0.1, 0.15) is 5.01 Å². The summed E-state index contributed by atoms with van der Waals surface area (Å²) in [5.41, 5.74) is 4.29. The molecule has 2 aromatic heterocycles. The van der Waals surface area contributed by atoms with Gasteiger partial charge in [0, 0.05) is 17.0 Å². The van der Waals surface area contributed by atoms with Crippen molar-refractivity contribution in [1.82, 2.24) is 4.98 Å².